The van der Waals surface area contributed by atoms with Gasteiger partial charge in [0.2, 0.25) is 11.8 Å². The van der Waals surface area contributed by atoms with Crippen molar-refractivity contribution in [1.29, 1.82) is 0 Å². The van der Waals surface area contributed by atoms with E-state index in [0.29, 0.717) is 13.1 Å². The topological polar surface area (TPSA) is 92.8 Å². The molecule has 3 amide bonds. The first kappa shape index (κ1) is 24.4. The van der Waals surface area contributed by atoms with E-state index in [0.717, 1.165) is 22.4 Å². The molecular weight excluding hydrogens is 394 g/mol. The maximum atomic E-state index is 12.8. The SMILES string of the molecule is CC[C@H](C)[C@@H](/C=C/C(=O)N1Cc2ccccc2C1)NC(=O)[C@H](C)N(C(=O)[O-])C(C)(C)C. The Hall–Kier alpha value is -2.83. The lowest BCUT2D eigenvalue weighted by atomic mass is 9.97. The lowest BCUT2D eigenvalue weighted by molar-refractivity contribution is -0.272. The van der Waals surface area contributed by atoms with E-state index in [1.165, 1.54) is 6.08 Å². The summed E-state index contributed by atoms with van der Waals surface area (Å²) in [5.74, 6) is -0.463. The van der Waals surface area contributed by atoms with E-state index >= 15 is 0 Å². The van der Waals surface area contributed by atoms with Gasteiger partial charge in [0.25, 0.3) is 0 Å². The largest absolute Gasteiger partial charge is 0.530 e. The molecule has 0 aliphatic carbocycles. The zero-order chi connectivity index (χ0) is 23.3. The van der Waals surface area contributed by atoms with Gasteiger partial charge in [-0.3, -0.25) is 9.59 Å². The van der Waals surface area contributed by atoms with Gasteiger partial charge in [0.05, 0.1) is 6.04 Å². The Morgan fingerprint density at radius 3 is 2.16 bits per heavy atom. The Morgan fingerprint density at radius 1 is 1.16 bits per heavy atom. The Kier molecular flexibility index (Phi) is 7.87. The van der Waals surface area contributed by atoms with Gasteiger partial charge < -0.3 is 25.0 Å². The minimum absolute atomic E-state index is 0.0713. The van der Waals surface area contributed by atoms with Crippen LogP contribution < -0.4 is 10.4 Å². The lowest BCUT2D eigenvalue weighted by Gasteiger charge is -2.42. The van der Waals surface area contributed by atoms with Crippen LogP contribution in [-0.4, -0.2) is 45.3 Å². The van der Waals surface area contributed by atoms with Crippen molar-refractivity contribution in [3.8, 4) is 0 Å². The number of hydrogen-bond donors (Lipinski definition) is 1. The van der Waals surface area contributed by atoms with Gasteiger partial charge in [-0.2, -0.15) is 0 Å². The highest BCUT2D eigenvalue weighted by atomic mass is 16.4. The molecule has 1 heterocycles. The van der Waals surface area contributed by atoms with Crippen molar-refractivity contribution < 1.29 is 19.5 Å². The average Bonchev–Trinajstić information content (AvgIpc) is 3.13. The summed E-state index contributed by atoms with van der Waals surface area (Å²) in [6, 6.07) is 6.66. The summed E-state index contributed by atoms with van der Waals surface area (Å²) in [5.41, 5.74) is 1.52. The van der Waals surface area contributed by atoms with Crippen molar-refractivity contribution in [1.82, 2.24) is 15.1 Å². The Labute approximate surface area is 185 Å². The summed E-state index contributed by atoms with van der Waals surface area (Å²) in [6.07, 6.45) is 2.61. The van der Waals surface area contributed by atoms with E-state index in [9.17, 15) is 19.5 Å². The average molecular weight is 429 g/mol. The van der Waals surface area contributed by atoms with Crippen molar-refractivity contribution >= 4 is 17.9 Å². The van der Waals surface area contributed by atoms with Crippen LogP contribution in [0.15, 0.2) is 36.4 Å². The Morgan fingerprint density at radius 2 is 1.71 bits per heavy atom. The number of nitrogens with one attached hydrogen (secondary N) is 1. The zero-order valence-electron chi connectivity index (χ0n) is 19.3. The molecule has 7 heteroatoms. The predicted octanol–water partition coefficient (Wildman–Crippen LogP) is 2.45. The second-order valence-electron chi connectivity index (χ2n) is 9.22. The number of carbonyl (C=O) groups is 3. The molecular formula is C24H34N3O4-. The molecule has 3 atom stereocenters. The molecule has 1 N–H and O–H groups in total. The van der Waals surface area contributed by atoms with Gasteiger partial charge >= 0.3 is 0 Å². The molecule has 0 saturated heterocycles. The third-order valence-corrected chi connectivity index (χ3v) is 5.85. The fraction of sp³-hybridized carbons (Fsp3) is 0.542. The second kappa shape index (κ2) is 9.98. The van der Waals surface area contributed by atoms with Crippen molar-refractivity contribution in [3.63, 3.8) is 0 Å². The van der Waals surface area contributed by atoms with Crippen LogP contribution in [0.1, 0.15) is 59.1 Å². The highest BCUT2D eigenvalue weighted by molar-refractivity contribution is 5.89. The molecule has 0 fully saturated rings. The summed E-state index contributed by atoms with van der Waals surface area (Å²) >= 11 is 0. The highest BCUT2D eigenvalue weighted by Gasteiger charge is 2.32. The van der Waals surface area contributed by atoms with Gasteiger partial charge in [0.1, 0.15) is 12.1 Å². The Bertz CT molecular complexity index is 818. The minimum atomic E-state index is -1.39. The van der Waals surface area contributed by atoms with Gasteiger partial charge in [-0.1, -0.05) is 50.6 Å². The standard InChI is InChI=1S/C24H35N3O4/c1-7-16(2)20(25-22(29)17(3)27(23(30)31)24(4,5)6)12-13-21(28)26-14-18-10-8-9-11-19(18)15-26/h8-13,16-17,20H,7,14-15H2,1-6H3,(H,25,29)(H,30,31)/p-1/b13-12+/t16-,17-,20+/m0/s1. The van der Waals surface area contributed by atoms with E-state index in [2.05, 4.69) is 5.32 Å². The molecule has 0 saturated carbocycles. The molecule has 1 aliphatic heterocycles. The predicted molar refractivity (Wildman–Crippen MR) is 118 cm³/mol. The number of nitrogens with zero attached hydrogens (tertiary/aromatic N) is 2. The molecule has 0 spiro atoms. The number of hydrogen-bond acceptors (Lipinski definition) is 4. The van der Waals surface area contributed by atoms with Gasteiger partial charge in [-0.15, -0.1) is 0 Å². The molecule has 7 nitrogen and oxygen atoms in total. The van der Waals surface area contributed by atoms with Gasteiger partial charge in [-0.25, -0.2) is 0 Å². The fourth-order valence-electron chi connectivity index (χ4n) is 3.83. The first-order valence-corrected chi connectivity index (χ1v) is 10.8. The monoisotopic (exact) mass is 428 g/mol. The molecule has 0 radical (unpaired) electrons. The van der Waals surface area contributed by atoms with E-state index in [1.54, 1.807) is 38.7 Å². The second-order valence-corrected chi connectivity index (χ2v) is 9.22. The van der Waals surface area contributed by atoms with Crippen molar-refractivity contribution in [2.75, 3.05) is 0 Å². The summed E-state index contributed by atoms with van der Waals surface area (Å²) in [6.45, 7) is 11.8. The molecule has 0 aromatic heterocycles. The van der Waals surface area contributed by atoms with Crippen LogP contribution in [0.2, 0.25) is 0 Å². The van der Waals surface area contributed by atoms with Crippen LogP contribution in [0.5, 0.6) is 0 Å². The quantitative estimate of drug-likeness (QED) is 0.675. The van der Waals surface area contributed by atoms with Crippen LogP contribution in [0.25, 0.3) is 0 Å². The third-order valence-electron chi connectivity index (χ3n) is 5.85. The summed E-state index contributed by atoms with van der Waals surface area (Å²) in [7, 11) is 0. The number of fused-ring (bicyclic) bond motifs is 1. The fourth-order valence-corrected chi connectivity index (χ4v) is 3.83. The van der Waals surface area contributed by atoms with Crippen LogP contribution in [0.3, 0.4) is 0 Å². The van der Waals surface area contributed by atoms with E-state index in [4.69, 9.17) is 0 Å². The van der Waals surface area contributed by atoms with Crippen LogP contribution in [0, 0.1) is 5.92 Å². The first-order chi connectivity index (χ1) is 14.5. The number of carbonyl (C=O) groups excluding carboxylic acids is 3. The van der Waals surface area contributed by atoms with Gasteiger partial charge in [0, 0.05) is 24.7 Å². The third kappa shape index (κ3) is 6.09. The normalized spacial score (nSPS) is 16.5. The maximum Gasteiger partial charge on any atom is 0.246 e. The first-order valence-electron chi connectivity index (χ1n) is 10.8. The minimum Gasteiger partial charge on any atom is -0.530 e. The molecule has 1 aliphatic rings. The number of amides is 3. The highest BCUT2D eigenvalue weighted by Crippen LogP contribution is 2.22. The van der Waals surface area contributed by atoms with Crippen LogP contribution in [0.4, 0.5) is 4.79 Å². The van der Waals surface area contributed by atoms with Crippen LogP contribution in [-0.2, 0) is 22.7 Å². The van der Waals surface area contributed by atoms with Gasteiger partial charge in [0.15, 0.2) is 0 Å². The molecule has 170 valence electrons. The zero-order valence-corrected chi connectivity index (χ0v) is 19.3. The van der Waals surface area contributed by atoms with E-state index < -0.39 is 29.6 Å². The molecule has 1 aromatic carbocycles. The molecule has 31 heavy (non-hydrogen) atoms. The van der Waals surface area contributed by atoms with Crippen molar-refractivity contribution in [2.24, 2.45) is 5.92 Å². The summed E-state index contributed by atoms with van der Waals surface area (Å²) in [4.78, 5) is 39.9. The molecule has 0 unspecified atom stereocenters. The number of rotatable bonds is 7. The smallest absolute Gasteiger partial charge is 0.246 e. The van der Waals surface area contributed by atoms with Crippen LogP contribution >= 0.6 is 0 Å². The summed E-state index contributed by atoms with van der Waals surface area (Å²) in [5, 5.41) is 14.5. The number of carboxylic acid groups (broad SMARTS) is 1. The van der Waals surface area contributed by atoms with E-state index in [1.807, 2.05) is 38.1 Å². The van der Waals surface area contributed by atoms with Gasteiger partial charge in [-0.05, 0) is 44.7 Å². The Balaban J connectivity index is 2.09. The lowest BCUT2D eigenvalue weighted by Crippen LogP contribution is -2.60. The maximum absolute atomic E-state index is 12.8. The summed E-state index contributed by atoms with van der Waals surface area (Å²) < 4.78 is 0. The van der Waals surface area contributed by atoms with Crippen molar-refractivity contribution in [2.45, 2.75) is 78.7 Å². The number of benzene rings is 1. The van der Waals surface area contributed by atoms with E-state index in [-0.39, 0.29) is 11.8 Å². The molecule has 0 bridgehead atoms. The molecule has 1 aromatic rings. The van der Waals surface area contributed by atoms with Crippen molar-refractivity contribution in [3.05, 3.63) is 47.5 Å². The molecule has 2 rings (SSSR count).